The monoisotopic (exact) mass is 346 g/mol. The summed E-state index contributed by atoms with van der Waals surface area (Å²) in [5, 5.41) is 5.49. The highest BCUT2D eigenvalue weighted by Crippen LogP contribution is 2.36. The fraction of sp³-hybridized carbons (Fsp3) is 0.412. The Hall–Kier alpha value is -2.28. The number of nitrogen functional groups attached to an aromatic ring is 1. The Morgan fingerprint density at radius 1 is 1.54 bits per heavy atom. The molecule has 2 aromatic rings. The first-order valence-electron chi connectivity index (χ1n) is 8.09. The summed E-state index contributed by atoms with van der Waals surface area (Å²) in [5.41, 5.74) is 8.46. The van der Waals surface area contributed by atoms with Gasteiger partial charge in [0.15, 0.2) is 5.13 Å². The van der Waals surface area contributed by atoms with Crippen molar-refractivity contribution in [3.05, 3.63) is 23.6 Å². The number of carbonyl (C=O) groups is 1. The van der Waals surface area contributed by atoms with Crippen LogP contribution in [-0.4, -0.2) is 36.6 Å². The molecule has 0 saturated heterocycles. The molecule has 0 bridgehead atoms. The lowest BCUT2D eigenvalue weighted by Gasteiger charge is -2.31. The highest BCUT2D eigenvalue weighted by molar-refractivity contribution is 7.13. The molecule has 1 unspecified atom stereocenters. The second-order valence-corrected chi connectivity index (χ2v) is 6.79. The van der Waals surface area contributed by atoms with Crippen molar-refractivity contribution < 1.29 is 9.53 Å². The van der Waals surface area contributed by atoms with E-state index in [0.717, 1.165) is 29.1 Å². The number of nitrogens with zero attached hydrogens (tertiary/aromatic N) is 2. The first-order valence-corrected chi connectivity index (χ1v) is 8.97. The molecule has 7 heteroatoms. The average molecular weight is 346 g/mol. The molecule has 1 atom stereocenters. The predicted octanol–water partition coefficient (Wildman–Crippen LogP) is 2.51. The Bertz CT molecular complexity index is 731. The molecule has 2 heterocycles. The number of hydrogen-bond donors (Lipinski definition) is 2. The molecular formula is C17H22N4O2S. The molecule has 0 radical (unpaired) electrons. The SMILES string of the molecule is CCC(C)NC(=O)CN1CCOc2ccc(-c3csc(N)n3)cc21. The maximum Gasteiger partial charge on any atom is 0.239 e. The molecule has 1 aliphatic heterocycles. The molecule has 3 rings (SSSR count). The summed E-state index contributed by atoms with van der Waals surface area (Å²) in [7, 11) is 0. The lowest BCUT2D eigenvalue weighted by Crippen LogP contribution is -2.43. The van der Waals surface area contributed by atoms with Crippen LogP contribution < -0.4 is 20.7 Å². The van der Waals surface area contributed by atoms with Crippen molar-refractivity contribution in [1.29, 1.82) is 0 Å². The number of benzene rings is 1. The first kappa shape index (κ1) is 16.6. The third-order valence-corrected chi connectivity index (χ3v) is 4.76. The van der Waals surface area contributed by atoms with Crippen molar-refractivity contribution in [2.45, 2.75) is 26.3 Å². The van der Waals surface area contributed by atoms with Crippen LogP contribution in [-0.2, 0) is 4.79 Å². The molecule has 1 aliphatic rings. The smallest absolute Gasteiger partial charge is 0.239 e. The molecule has 6 nitrogen and oxygen atoms in total. The van der Waals surface area contributed by atoms with Gasteiger partial charge in [0.25, 0.3) is 0 Å². The Balaban J connectivity index is 1.81. The minimum Gasteiger partial charge on any atom is -0.490 e. The van der Waals surface area contributed by atoms with Gasteiger partial charge in [-0.2, -0.15) is 0 Å². The van der Waals surface area contributed by atoms with Gasteiger partial charge in [0.05, 0.1) is 24.5 Å². The second-order valence-electron chi connectivity index (χ2n) is 5.90. The molecule has 1 aromatic carbocycles. The van der Waals surface area contributed by atoms with E-state index in [9.17, 15) is 4.79 Å². The van der Waals surface area contributed by atoms with Crippen molar-refractivity contribution in [3.8, 4) is 17.0 Å². The fourth-order valence-corrected chi connectivity index (χ4v) is 3.18. The largest absolute Gasteiger partial charge is 0.490 e. The Labute approximate surface area is 145 Å². The quantitative estimate of drug-likeness (QED) is 0.869. The van der Waals surface area contributed by atoms with E-state index in [0.29, 0.717) is 24.8 Å². The molecule has 24 heavy (non-hydrogen) atoms. The number of fused-ring (bicyclic) bond motifs is 1. The molecule has 128 valence electrons. The van der Waals surface area contributed by atoms with Crippen LogP contribution in [0.5, 0.6) is 5.75 Å². The maximum atomic E-state index is 12.2. The Morgan fingerprint density at radius 3 is 3.08 bits per heavy atom. The van der Waals surface area contributed by atoms with Crippen LogP contribution in [0.1, 0.15) is 20.3 Å². The van der Waals surface area contributed by atoms with Gasteiger partial charge in [-0.1, -0.05) is 6.92 Å². The van der Waals surface area contributed by atoms with E-state index in [1.807, 2.05) is 30.5 Å². The van der Waals surface area contributed by atoms with Crippen LogP contribution in [0.15, 0.2) is 23.6 Å². The molecule has 0 spiro atoms. The van der Waals surface area contributed by atoms with Gasteiger partial charge in [-0.25, -0.2) is 4.98 Å². The van der Waals surface area contributed by atoms with Gasteiger partial charge in [0.1, 0.15) is 12.4 Å². The van der Waals surface area contributed by atoms with Crippen LogP contribution in [0.3, 0.4) is 0 Å². The zero-order valence-electron chi connectivity index (χ0n) is 13.9. The Morgan fingerprint density at radius 2 is 2.38 bits per heavy atom. The summed E-state index contributed by atoms with van der Waals surface area (Å²) in [6.45, 7) is 5.65. The van der Waals surface area contributed by atoms with E-state index in [2.05, 4.69) is 22.1 Å². The van der Waals surface area contributed by atoms with Gasteiger partial charge in [0.2, 0.25) is 5.91 Å². The van der Waals surface area contributed by atoms with Gasteiger partial charge in [-0.3, -0.25) is 4.79 Å². The number of aromatic nitrogens is 1. The first-order chi connectivity index (χ1) is 11.6. The standard InChI is InChI=1S/C17H22N4O2S/c1-3-11(2)19-16(22)9-21-6-7-23-15-5-4-12(8-14(15)21)13-10-24-17(18)20-13/h4-5,8,10-11H,3,6-7,9H2,1-2H3,(H2,18,20)(H,19,22). The molecule has 0 aliphatic carbocycles. The lowest BCUT2D eigenvalue weighted by molar-refractivity contribution is -0.120. The lowest BCUT2D eigenvalue weighted by atomic mass is 10.1. The van der Waals surface area contributed by atoms with Crippen LogP contribution in [0.25, 0.3) is 11.3 Å². The summed E-state index contributed by atoms with van der Waals surface area (Å²) in [4.78, 5) is 18.6. The van der Waals surface area contributed by atoms with Crippen LogP contribution in [0.4, 0.5) is 10.8 Å². The zero-order chi connectivity index (χ0) is 17.1. The van der Waals surface area contributed by atoms with Gasteiger partial charge < -0.3 is 20.7 Å². The minimum atomic E-state index is 0.0282. The molecule has 0 saturated carbocycles. The number of hydrogen-bond acceptors (Lipinski definition) is 6. The summed E-state index contributed by atoms with van der Waals surface area (Å²) in [5.74, 6) is 0.824. The zero-order valence-corrected chi connectivity index (χ0v) is 14.7. The maximum absolute atomic E-state index is 12.2. The number of nitrogens with two attached hydrogens (primary N) is 1. The Kier molecular flexibility index (Phi) is 4.89. The van der Waals surface area contributed by atoms with Gasteiger partial charge >= 0.3 is 0 Å². The van der Waals surface area contributed by atoms with Crippen molar-refractivity contribution in [2.24, 2.45) is 0 Å². The minimum absolute atomic E-state index is 0.0282. The van der Waals surface area contributed by atoms with Crippen molar-refractivity contribution >= 4 is 28.1 Å². The van der Waals surface area contributed by atoms with E-state index in [4.69, 9.17) is 10.5 Å². The predicted molar refractivity (Wildman–Crippen MR) is 97.6 cm³/mol. The van der Waals surface area contributed by atoms with E-state index in [1.54, 1.807) is 0 Å². The molecule has 3 N–H and O–H groups in total. The summed E-state index contributed by atoms with van der Waals surface area (Å²) < 4.78 is 5.72. The average Bonchev–Trinajstić information content (AvgIpc) is 3.01. The van der Waals surface area contributed by atoms with E-state index >= 15 is 0 Å². The van der Waals surface area contributed by atoms with E-state index in [-0.39, 0.29) is 11.9 Å². The van der Waals surface area contributed by atoms with Crippen LogP contribution in [0, 0.1) is 0 Å². The van der Waals surface area contributed by atoms with Gasteiger partial charge in [-0.15, -0.1) is 11.3 Å². The highest BCUT2D eigenvalue weighted by atomic mass is 32.1. The number of nitrogens with one attached hydrogen (secondary N) is 1. The fourth-order valence-electron chi connectivity index (χ4n) is 2.61. The molecule has 1 amide bonds. The molecular weight excluding hydrogens is 324 g/mol. The van der Waals surface area contributed by atoms with E-state index in [1.165, 1.54) is 11.3 Å². The van der Waals surface area contributed by atoms with E-state index < -0.39 is 0 Å². The number of ether oxygens (including phenoxy) is 1. The van der Waals surface area contributed by atoms with Gasteiger partial charge in [-0.05, 0) is 31.5 Å². The number of carbonyl (C=O) groups excluding carboxylic acids is 1. The van der Waals surface area contributed by atoms with Gasteiger partial charge in [0, 0.05) is 17.0 Å². The molecule has 0 fully saturated rings. The number of thiazole rings is 1. The van der Waals surface area contributed by atoms with Crippen molar-refractivity contribution in [1.82, 2.24) is 10.3 Å². The van der Waals surface area contributed by atoms with Crippen LogP contribution >= 0.6 is 11.3 Å². The number of rotatable bonds is 5. The third-order valence-electron chi connectivity index (χ3n) is 4.09. The second kappa shape index (κ2) is 7.09. The highest BCUT2D eigenvalue weighted by Gasteiger charge is 2.21. The number of amides is 1. The summed E-state index contributed by atoms with van der Waals surface area (Å²) in [6, 6.07) is 6.09. The normalized spacial score (nSPS) is 14.7. The van der Waals surface area contributed by atoms with Crippen molar-refractivity contribution in [3.63, 3.8) is 0 Å². The third kappa shape index (κ3) is 3.62. The number of anilines is 2. The summed E-state index contributed by atoms with van der Waals surface area (Å²) in [6.07, 6.45) is 0.917. The topological polar surface area (TPSA) is 80.5 Å². The summed E-state index contributed by atoms with van der Waals surface area (Å²) >= 11 is 1.42. The van der Waals surface area contributed by atoms with Crippen LogP contribution in [0.2, 0.25) is 0 Å². The van der Waals surface area contributed by atoms with Crippen molar-refractivity contribution in [2.75, 3.05) is 30.3 Å². The molecule has 1 aromatic heterocycles.